The fourth-order valence-electron chi connectivity index (χ4n) is 2.76. The number of hydrogen-bond donors (Lipinski definition) is 1. The zero-order chi connectivity index (χ0) is 19.1. The molecule has 0 aliphatic heterocycles. The summed E-state index contributed by atoms with van der Waals surface area (Å²) < 4.78 is 5.16. The van der Waals surface area contributed by atoms with Gasteiger partial charge in [-0.05, 0) is 31.0 Å². The van der Waals surface area contributed by atoms with Gasteiger partial charge in [0.05, 0.1) is 12.6 Å². The second kappa shape index (κ2) is 8.89. The van der Waals surface area contributed by atoms with Gasteiger partial charge in [0.15, 0.2) is 5.82 Å². The van der Waals surface area contributed by atoms with Crippen LogP contribution in [0.5, 0.6) is 0 Å². The number of ether oxygens (including phenoxy) is 1. The van der Waals surface area contributed by atoms with Crippen molar-refractivity contribution in [2.75, 3.05) is 11.9 Å². The van der Waals surface area contributed by atoms with Gasteiger partial charge in [0.25, 0.3) is 0 Å². The topological polar surface area (TPSA) is 77.0 Å². The molecular formula is C21H22N4O2. The molecule has 0 bridgehead atoms. The molecule has 3 rings (SSSR count). The third kappa shape index (κ3) is 4.47. The summed E-state index contributed by atoms with van der Waals surface area (Å²) in [7, 11) is 0. The normalized spacial score (nSPS) is 11.6. The quantitative estimate of drug-likeness (QED) is 0.632. The second-order valence-electron chi connectivity index (χ2n) is 5.93. The molecule has 1 N–H and O–H groups in total. The maximum absolute atomic E-state index is 12.4. The van der Waals surface area contributed by atoms with Crippen molar-refractivity contribution in [1.29, 1.82) is 0 Å². The summed E-state index contributed by atoms with van der Waals surface area (Å²) in [6, 6.07) is 13.8. The highest BCUT2D eigenvalue weighted by atomic mass is 16.5. The SMILES string of the molecule is CCOC(=O)c1cnc(-c2cccnc2)nc1NC(CC)c1ccccc1. The third-order valence-electron chi connectivity index (χ3n) is 4.12. The number of esters is 1. The van der Waals surface area contributed by atoms with Crippen LogP contribution in [0.2, 0.25) is 0 Å². The van der Waals surface area contributed by atoms with Crippen molar-refractivity contribution >= 4 is 11.8 Å². The Morgan fingerprint density at radius 3 is 2.59 bits per heavy atom. The van der Waals surface area contributed by atoms with Crippen LogP contribution in [0.4, 0.5) is 5.82 Å². The standard InChI is InChI=1S/C21H22N4O2/c1-3-18(15-9-6-5-7-10-15)24-20-17(21(26)27-4-2)14-23-19(25-20)16-11-8-12-22-13-16/h5-14,18H,3-4H2,1-2H3,(H,23,24,25). The summed E-state index contributed by atoms with van der Waals surface area (Å²) >= 11 is 0. The van der Waals surface area contributed by atoms with Crippen LogP contribution in [-0.4, -0.2) is 27.5 Å². The zero-order valence-electron chi connectivity index (χ0n) is 15.4. The number of hydrogen-bond acceptors (Lipinski definition) is 6. The Hall–Kier alpha value is -3.28. The average molecular weight is 362 g/mol. The van der Waals surface area contributed by atoms with Gasteiger partial charge in [0.2, 0.25) is 0 Å². The predicted octanol–water partition coefficient (Wildman–Crippen LogP) is 4.28. The van der Waals surface area contributed by atoms with E-state index in [1.807, 2.05) is 30.3 Å². The van der Waals surface area contributed by atoms with E-state index in [0.717, 1.165) is 17.5 Å². The van der Waals surface area contributed by atoms with Crippen LogP contribution in [0.1, 0.15) is 42.2 Å². The van der Waals surface area contributed by atoms with Crippen LogP contribution in [0.25, 0.3) is 11.4 Å². The zero-order valence-corrected chi connectivity index (χ0v) is 15.4. The summed E-state index contributed by atoms with van der Waals surface area (Å²) in [5, 5.41) is 3.39. The number of benzene rings is 1. The van der Waals surface area contributed by atoms with E-state index in [4.69, 9.17) is 4.74 Å². The van der Waals surface area contributed by atoms with Crippen LogP contribution < -0.4 is 5.32 Å². The maximum atomic E-state index is 12.4. The van der Waals surface area contributed by atoms with Crippen LogP contribution in [0.15, 0.2) is 61.1 Å². The van der Waals surface area contributed by atoms with E-state index in [0.29, 0.717) is 23.8 Å². The molecule has 0 saturated carbocycles. The Balaban J connectivity index is 2.00. The van der Waals surface area contributed by atoms with Gasteiger partial charge in [-0.2, -0.15) is 0 Å². The Morgan fingerprint density at radius 1 is 1.11 bits per heavy atom. The molecule has 0 aliphatic rings. The first kappa shape index (κ1) is 18.5. The Labute approximate surface area is 158 Å². The molecule has 138 valence electrons. The molecule has 1 aromatic carbocycles. The third-order valence-corrected chi connectivity index (χ3v) is 4.12. The lowest BCUT2D eigenvalue weighted by Crippen LogP contribution is -2.16. The highest BCUT2D eigenvalue weighted by Crippen LogP contribution is 2.26. The molecule has 27 heavy (non-hydrogen) atoms. The lowest BCUT2D eigenvalue weighted by molar-refractivity contribution is 0.0526. The molecule has 1 atom stereocenters. The summed E-state index contributed by atoms with van der Waals surface area (Å²) in [5.74, 6) is 0.514. The number of rotatable bonds is 7. The van der Waals surface area contributed by atoms with Gasteiger partial charge < -0.3 is 10.1 Å². The average Bonchev–Trinajstić information content (AvgIpc) is 2.73. The first-order chi connectivity index (χ1) is 13.2. The molecule has 0 saturated heterocycles. The lowest BCUT2D eigenvalue weighted by Gasteiger charge is -2.20. The van der Waals surface area contributed by atoms with Crippen LogP contribution in [0.3, 0.4) is 0 Å². The van der Waals surface area contributed by atoms with E-state index >= 15 is 0 Å². The van der Waals surface area contributed by atoms with E-state index in [-0.39, 0.29) is 6.04 Å². The van der Waals surface area contributed by atoms with Crippen molar-refractivity contribution in [3.05, 3.63) is 72.2 Å². The number of carbonyl (C=O) groups is 1. The molecule has 6 heteroatoms. The Bertz CT molecular complexity index is 885. The molecule has 0 radical (unpaired) electrons. The minimum Gasteiger partial charge on any atom is -0.462 e. The highest BCUT2D eigenvalue weighted by molar-refractivity contribution is 5.94. The van der Waals surface area contributed by atoms with Crippen molar-refractivity contribution in [1.82, 2.24) is 15.0 Å². The first-order valence-electron chi connectivity index (χ1n) is 8.99. The molecule has 0 fully saturated rings. The second-order valence-corrected chi connectivity index (χ2v) is 5.93. The Morgan fingerprint density at radius 2 is 1.93 bits per heavy atom. The number of anilines is 1. The minimum absolute atomic E-state index is 0.0102. The number of nitrogens with one attached hydrogen (secondary N) is 1. The molecule has 0 spiro atoms. The number of carbonyl (C=O) groups excluding carboxylic acids is 1. The Kier molecular flexibility index (Phi) is 6.10. The molecule has 2 aromatic heterocycles. The van der Waals surface area contributed by atoms with Gasteiger partial charge in [0, 0.05) is 24.2 Å². The largest absolute Gasteiger partial charge is 0.462 e. The summed E-state index contributed by atoms with van der Waals surface area (Å²) in [4.78, 5) is 25.4. The minimum atomic E-state index is -0.444. The van der Waals surface area contributed by atoms with Crippen molar-refractivity contribution in [2.24, 2.45) is 0 Å². The molecular weight excluding hydrogens is 340 g/mol. The van der Waals surface area contributed by atoms with E-state index in [1.165, 1.54) is 6.20 Å². The molecule has 1 unspecified atom stereocenters. The molecule has 3 aromatic rings. The van der Waals surface area contributed by atoms with Crippen molar-refractivity contribution in [2.45, 2.75) is 26.3 Å². The van der Waals surface area contributed by atoms with Gasteiger partial charge in [-0.15, -0.1) is 0 Å². The van der Waals surface area contributed by atoms with E-state index in [1.54, 1.807) is 19.3 Å². The molecule has 6 nitrogen and oxygen atoms in total. The van der Waals surface area contributed by atoms with E-state index < -0.39 is 5.97 Å². The summed E-state index contributed by atoms with van der Waals surface area (Å²) in [6.07, 6.45) is 5.72. The van der Waals surface area contributed by atoms with E-state index in [9.17, 15) is 4.79 Å². The number of aromatic nitrogens is 3. The van der Waals surface area contributed by atoms with E-state index in [2.05, 4.69) is 39.3 Å². The lowest BCUT2D eigenvalue weighted by atomic mass is 10.0. The summed E-state index contributed by atoms with van der Waals surface area (Å²) in [5.41, 5.74) is 2.22. The van der Waals surface area contributed by atoms with Gasteiger partial charge in [-0.3, -0.25) is 4.98 Å². The van der Waals surface area contributed by atoms with Gasteiger partial charge >= 0.3 is 5.97 Å². The first-order valence-corrected chi connectivity index (χ1v) is 8.99. The monoisotopic (exact) mass is 362 g/mol. The maximum Gasteiger partial charge on any atom is 0.343 e. The molecule has 0 aliphatic carbocycles. The number of pyridine rings is 1. The molecule has 2 heterocycles. The van der Waals surface area contributed by atoms with Crippen LogP contribution in [0, 0.1) is 0 Å². The smallest absolute Gasteiger partial charge is 0.343 e. The van der Waals surface area contributed by atoms with Crippen LogP contribution >= 0.6 is 0 Å². The number of nitrogens with zero attached hydrogens (tertiary/aromatic N) is 3. The predicted molar refractivity (Wildman–Crippen MR) is 104 cm³/mol. The summed E-state index contributed by atoms with van der Waals surface area (Å²) in [6.45, 7) is 4.14. The van der Waals surface area contributed by atoms with Gasteiger partial charge in [0.1, 0.15) is 11.4 Å². The van der Waals surface area contributed by atoms with Crippen molar-refractivity contribution in [3.63, 3.8) is 0 Å². The fourth-order valence-corrected chi connectivity index (χ4v) is 2.76. The van der Waals surface area contributed by atoms with Crippen LogP contribution in [-0.2, 0) is 4.74 Å². The van der Waals surface area contributed by atoms with Crippen molar-refractivity contribution < 1.29 is 9.53 Å². The van der Waals surface area contributed by atoms with Gasteiger partial charge in [-0.1, -0.05) is 37.3 Å². The van der Waals surface area contributed by atoms with Gasteiger partial charge in [-0.25, -0.2) is 14.8 Å². The van der Waals surface area contributed by atoms with Crippen molar-refractivity contribution in [3.8, 4) is 11.4 Å². The molecule has 0 amide bonds. The fraction of sp³-hybridized carbons (Fsp3) is 0.238. The highest BCUT2D eigenvalue weighted by Gasteiger charge is 2.19.